The maximum atomic E-state index is 3.11. The molecule has 0 N–H and O–H groups in total. The van der Waals surface area contributed by atoms with Crippen molar-refractivity contribution in [2.75, 3.05) is 0 Å². The van der Waals surface area contributed by atoms with Gasteiger partial charge in [0.15, 0.2) is 0 Å². The van der Waals surface area contributed by atoms with Crippen LogP contribution < -0.4 is 0 Å². The number of rotatable bonds is 0. The summed E-state index contributed by atoms with van der Waals surface area (Å²) in [6.45, 7) is 0. The van der Waals surface area contributed by atoms with Gasteiger partial charge in [0.2, 0.25) is 0 Å². The Hall–Kier alpha value is 0.129. The maximum absolute atomic E-state index is 3.11. The average molecular weight is 187 g/mol. The fraction of sp³-hybridized carbons (Fsp3) is 0.625. The van der Waals surface area contributed by atoms with E-state index in [0.717, 1.165) is 0 Å². The molecule has 1 rings (SSSR count). The van der Waals surface area contributed by atoms with Crippen LogP contribution >= 0.6 is 0 Å². The van der Waals surface area contributed by atoms with Crippen LogP contribution in [0.1, 0.15) is 32.1 Å². The molecule has 1 aliphatic rings. The SMILES string of the molecule is [Se]=C1C/C=C\CCCC1. The third-order valence-electron chi connectivity index (χ3n) is 1.59. The van der Waals surface area contributed by atoms with Crippen molar-refractivity contribution >= 4 is 20.0 Å². The Bertz CT molecular complexity index is 125. The predicted octanol–water partition coefficient (Wildman–Crippen LogP) is 1.85. The van der Waals surface area contributed by atoms with Gasteiger partial charge in [-0.2, -0.15) is 0 Å². The van der Waals surface area contributed by atoms with Crippen LogP contribution in [0.4, 0.5) is 0 Å². The minimum absolute atomic E-state index is 1.17. The van der Waals surface area contributed by atoms with E-state index >= 15 is 0 Å². The molecule has 0 nitrogen and oxygen atoms in total. The second-order valence-corrected chi connectivity index (χ2v) is 3.67. The first-order chi connectivity index (χ1) is 4.39. The minimum atomic E-state index is 1.17. The molecule has 1 aliphatic carbocycles. The van der Waals surface area contributed by atoms with E-state index < -0.39 is 0 Å². The van der Waals surface area contributed by atoms with Gasteiger partial charge in [-0.25, -0.2) is 0 Å². The van der Waals surface area contributed by atoms with Crippen LogP contribution in [-0.2, 0) is 0 Å². The standard InChI is InChI=1S/C8H12Se/c9-8-6-4-2-1-3-5-7-8/h2,4H,1,3,5-7H2/b4-2-. The number of hydrogen-bond acceptors (Lipinski definition) is 0. The molecular weight excluding hydrogens is 175 g/mol. The summed E-state index contributed by atoms with van der Waals surface area (Å²) in [6, 6.07) is 0. The third-order valence-corrected chi connectivity index (χ3v) is 2.37. The summed E-state index contributed by atoms with van der Waals surface area (Å²) in [5, 5.41) is 0. The Labute approximate surface area is 64.7 Å². The molecule has 0 spiro atoms. The molecule has 0 aliphatic heterocycles. The molecule has 0 saturated heterocycles. The fourth-order valence-corrected chi connectivity index (χ4v) is 1.52. The normalized spacial score (nSPS) is 24.7. The van der Waals surface area contributed by atoms with E-state index in [4.69, 9.17) is 0 Å². The molecule has 0 saturated carbocycles. The van der Waals surface area contributed by atoms with Gasteiger partial charge in [0.25, 0.3) is 0 Å². The monoisotopic (exact) mass is 188 g/mol. The molecule has 0 amide bonds. The van der Waals surface area contributed by atoms with Gasteiger partial charge in [0.05, 0.1) is 0 Å². The van der Waals surface area contributed by atoms with Crippen LogP contribution in [0.15, 0.2) is 12.2 Å². The molecule has 0 aromatic rings. The van der Waals surface area contributed by atoms with Gasteiger partial charge < -0.3 is 0 Å². The molecule has 0 atom stereocenters. The summed E-state index contributed by atoms with van der Waals surface area (Å²) in [7, 11) is 0. The summed E-state index contributed by atoms with van der Waals surface area (Å²) in [6.07, 6.45) is 11.0. The molecule has 0 unspecified atom stereocenters. The van der Waals surface area contributed by atoms with Gasteiger partial charge in [-0.05, 0) is 0 Å². The van der Waals surface area contributed by atoms with Crippen molar-refractivity contribution in [1.82, 2.24) is 0 Å². The summed E-state index contributed by atoms with van der Waals surface area (Å²) < 4.78 is 1.52. The second-order valence-electron chi connectivity index (χ2n) is 2.46. The summed E-state index contributed by atoms with van der Waals surface area (Å²) in [5.41, 5.74) is 0. The molecule has 0 fully saturated rings. The van der Waals surface area contributed by atoms with E-state index in [9.17, 15) is 0 Å². The van der Waals surface area contributed by atoms with Crippen LogP contribution in [0, 0.1) is 0 Å². The zero-order valence-electron chi connectivity index (χ0n) is 5.60. The molecule has 0 bridgehead atoms. The van der Waals surface area contributed by atoms with Crippen LogP contribution in [0.3, 0.4) is 0 Å². The predicted molar refractivity (Wildman–Crippen MR) is 43.0 cm³/mol. The molecule has 1 heteroatoms. The van der Waals surface area contributed by atoms with E-state index in [2.05, 4.69) is 27.7 Å². The second kappa shape index (κ2) is 4.03. The van der Waals surface area contributed by atoms with Crippen molar-refractivity contribution in [3.63, 3.8) is 0 Å². The third kappa shape index (κ3) is 2.98. The van der Waals surface area contributed by atoms with Crippen molar-refractivity contribution in [1.29, 1.82) is 0 Å². The van der Waals surface area contributed by atoms with Crippen molar-refractivity contribution in [2.24, 2.45) is 0 Å². The van der Waals surface area contributed by atoms with Gasteiger partial charge >= 0.3 is 64.2 Å². The topological polar surface area (TPSA) is 0 Å². The van der Waals surface area contributed by atoms with E-state index in [1.165, 1.54) is 36.5 Å². The van der Waals surface area contributed by atoms with Gasteiger partial charge in [-0.1, -0.05) is 0 Å². The van der Waals surface area contributed by atoms with Gasteiger partial charge in [-0.3, -0.25) is 0 Å². The molecule has 0 aromatic carbocycles. The molecular formula is C8H12Se. The first-order valence-corrected chi connectivity index (χ1v) is 4.42. The first kappa shape index (κ1) is 7.24. The Kier molecular flexibility index (Phi) is 3.24. The molecule has 0 heterocycles. The summed E-state index contributed by atoms with van der Waals surface area (Å²) in [5.74, 6) is 0. The molecule has 0 radical (unpaired) electrons. The van der Waals surface area contributed by atoms with Gasteiger partial charge in [0, 0.05) is 0 Å². The van der Waals surface area contributed by atoms with E-state index in [1.807, 2.05) is 0 Å². The average Bonchev–Trinajstić information content (AvgIpc) is 1.79. The van der Waals surface area contributed by atoms with E-state index in [0.29, 0.717) is 0 Å². The van der Waals surface area contributed by atoms with Crippen LogP contribution in [0.25, 0.3) is 0 Å². The zero-order valence-corrected chi connectivity index (χ0v) is 7.31. The van der Waals surface area contributed by atoms with E-state index in [1.54, 1.807) is 0 Å². The Morgan fingerprint density at radius 1 is 1.22 bits per heavy atom. The summed E-state index contributed by atoms with van der Waals surface area (Å²) in [4.78, 5) is 0. The Balaban J connectivity index is 2.37. The van der Waals surface area contributed by atoms with Crippen molar-refractivity contribution in [2.45, 2.75) is 32.1 Å². The molecule has 9 heavy (non-hydrogen) atoms. The van der Waals surface area contributed by atoms with Crippen molar-refractivity contribution < 1.29 is 0 Å². The van der Waals surface area contributed by atoms with Crippen molar-refractivity contribution in [3.05, 3.63) is 12.2 Å². The van der Waals surface area contributed by atoms with E-state index in [-0.39, 0.29) is 0 Å². The van der Waals surface area contributed by atoms with Crippen molar-refractivity contribution in [3.8, 4) is 0 Å². The zero-order chi connectivity index (χ0) is 6.53. The van der Waals surface area contributed by atoms with Gasteiger partial charge in [0.1, 0.15) is 0 Å². The number of allylic oxidation sites excluding steroid dienone is 2. The first-order valence-electron chi connectivity index (χ1n) is 3.56. The molecule has 50 valence electrons. The fourth-order valence-electron chi connectivity index (χ4n) is 1.02. The van der Waals surface area contributed by atoms with Gasteiger partial charge in [-0.15, -0.1) is 0 Å². The Morgan fingerprint density at radius 2 is 2.11 bits per heavy atom. The Morgan fingerprint density at radius 3 is 3.00 bits per heavy atom. The van der Waals surface area contributed by atoms with Crippen LogP contribution in [0.5, 0.6) is 0 Å². The number of hydrogen-bond donors (Lipinski definition) is 0. The quantitative estimate of drug-likeness (QED) is 0.401. The van der Waals surface area contributed by atoms with Crippen LogP contribution in [0.2, 0.25) is 0 Å². The summed E-state index contributed by atoms with van der Waals surface area (Å²) >= 11 is 3.11. The van der Waals surface area contributed by atoms with Crippen LogP contribution in [-0.4, -0.2) is 20.0 Å². The molecule has 0 aromatic heterocycles.